The van der Waals surface area contributed by atoms with E-state index in [4.69, 9.17) is 0 Å². The summed E-state index contributed by atoms with van der Waals surface area (Å²) in [7, 11) is 1.64. The molecule has 0 aliphatic rings. The average Bonchev–Trinajstić information content (AvgIpc) is 2.89. The van der Waals surface area contributed by atoms with Gasteiger partial charge in [-0.1, -0.05) is 23.9 Å². The van der Waals surface area contributed by atoms with Gasteiger partial charge in [-0.2, -0.15) is 13.2 Å². The number of aromatic amines is 1. The van der Waals surface area contributed by atoms with Crippen molar-refractivity contribution in [3.8, 4) is 0 Å². The number of fused-ring (bicyclic) bond motifs is 1. The quantitative estimate of drug-likeness (QED) is 0.661. The molecule has 2 aromatic heterocycles. The zero-order valence-corrected chi connectivity index (χ0v) is 15.0. The second-order valence-corrected chi connectivity index (χ2v) is 6.60. The van der Waals surface area contributed by atoms with Gasteiger partial charge >= 0.3 is 6.18 Å². The topological polar surface area (TPSA) is 92.7 Å². The number of anilines is 1. The van der Waals surface area contributed by atoms with Crippen molar-refractivity contribution in [2.24, 2.45) is 7.05 Å². The lowest BCUT2D eigenvalue weighted by Gasteiger charge is -2.13. The summed E-state index contributed by atoms with van der Waals surface area (Å²) in [6.07, 6.45) is -4.57. The van der Waals surface area contributed by atoms with Crippen LogP contribution in [0, 0.1) is 6.92 Å². The molecule has 3 aromatic rings. The SMILES string of the molecule is Cc1nc2c(nc(SCC(=O)Nc3ccccc3C(F)(F)F)n2C)c(=O)[nH]1. The molecule has 0 atom stereocenters. The summed E-state index contributed by atoms with van der Waals surface area (Å²) in [6, 6.07) is 4.74. The van der Waals surface area contributed by atoms with Crippen molar-refractivity contribution in [3.63, 3.8) is 0 Å². The van der Waals surface area contributed by atoms with Crippen LogP contribution in [0.25, 0.3) is 11.2 Å². The lowest BCUT2D eigenvalue weighted by Crippen LogP contribution is -2.18. The number of halogens is 3. The van der Waals surface area contributed by atoms with Gasteiger partial charge in [0, 0.05) is 7.05 Å². The molecule has 27 heavy (non-hydrogen) atoms. The van der Waals surface area contributed by atoms with E-state index in [0.29, 0.717) is 16.6 Å². The number of amides is 1. The molecule has 0 unspecified atom stereocenters. The highest BCUT2D eigenvalue weighted by Gasteiger charge is 2.33. The summed E-state index contributed by atoms with van der Waals surface area (Å²) in [5.74, 6) is -0.379. The predicted molar refractivity (Wildman–Crippen MR) is 94.7 cm³/mol. The number of rotatable bonds is 4. The number of nitrogens with zero attached hydrogens (tertiary/aromatic N) is 3. The maximum atomic E-state index is 13.0. The Morgan fingerprint density at radius 2 is 2.00 bits per heavy atom. The maximum absolute atomic E-state index is 13.0. The fourth-order valence-electron chi connectivity index (χ4n) is 2.45. The highest BCUT2D eigenvalue weighted by Crippen LogP contribution is 2.34. The van der Waals surface area contributed by atoms with Crippen molar-refractivity contribution in [2.45, 2.75) is 18.3 Å². The Kier molecular flexibility index (Phi) is 4.96. The summed E-state index contributed by atoms with van der Waals surface area (Å²) in [4.78, 5) is 34.9. The first-order valence-corrected chi connectivity index (χ1v) is 8.67. The summed E-state index contributed by atoms with van der Waals surface area (Å²) in [6.45, 7) is 1.63. The van der Waals surface area contributed by atoms with Gasteiger partial charge in [0.05, 0.1) is 17.0 Å². The monoisotopic (exact) mass is 397 g/mol. The molecule has 0 saturated heterocycles. The third-order valence-electron chi connectivity index (χ3n) is 3.65. The van der Waals surface area contributed by atoms with E-state index in [1.54, 1.807) is 18.5 Å². The normalized spacial score (nSPS) is 11.7. The maximum Gasteiger partial charge on any atom is 0.418 e. The van der Waals surface area contributed by atoms with Gasteiger partial charge in [0.1, 0.15) is 5.82 Å². The second kappa shape index (κ2) is 7.06. The molecule has 7 nitrogen and oxygen atoms in total. The van der Waals surface area contributed by atoms with E-state index in [1.165, 1.54) is 18.2 Å². The van der Waals surface area contributed by atoms with E-state index in [0.717, 1.165) is 17.8 Å². The molecule has 0 spiro atoms. The van der Waals surface area contributed by atoms with Gasteiger partial charge in [-0.05, 0) is 19.1 Å². The molecular weight excluding hydrogens is 383 g/mol. The molecule has 3 rings (SSSR count). The van der Waals surface area contributed by atoms with E-state index in [-0.39, 0.29) is 17.0 Å². The van der Waals surface area contributed by atoms with Crippen molar-refractivity contribution < 1.29 is 18.0 Å². The number of para-hydroxylation sites is 1. The third-order valence-corrected chi connectivity index (χ3v) is 4.68. The number of hydrogen-bond donors (Lipinski definition) is 2. The van der Waals surface area contributed by atoms with Crippen molar-refractivity contribution in [1.82, 2.24) is 19.5 Å². The fourth-order valence-corrected chi connectivity index (χ4v) is 3.21. The largest absolute Gasteiger partial charge is 0.418 e. The molecule has 11 heteroatoms. The molecule has 2 heterocycles. The number of aromatic nitrogens is 4. The number of H-pyrrole nitrogens is 1. The molecule has 0 saturated carbocycles. The lowest BCUT2D eigenvalue weighted by molar-refractivity contribution is -0.137. The minimum atomic E-state index is -4.57. The van der Waals surface area contributed by atoms with Crippen LogP contribution < -0.4 is 10.9 Å². The van der Waals surface area contributed by atoms with Crippen LogP contribution in [0.2, 0.25) is 0 Å². The molecule has 0 aliphatic carbocycles. The molecule has 1 amide bonds. The zero-order valence-electron chi connectivity index (χ0n) is 14.2. The third kappa shape index (κ3) is 3.97. The Balaban J connectivity index is 1.76. The van der Waals surface area contributed by atoms with Crippen LogP contribution in [-0.2, 0) is 18.0 Å². The second-order valence-electron chi connectivity index (χ2n) is 5.66. The number of imidazole rings is 1. The van der Waals surface area contributed by atoms with Crippen LogP contribution in [0.1, 0.15) is 11.4 Å². The summed E-state index contributed by atoms with van der Waals surface area (Å²) < 4.78 is 40.5. The number of nitrogens with one attached hydrogen (secondary N) is 2. The smallest absolute Gasteiger partial charge is 0.325 e. The fraction of sp³-hybridized carbons (Fsp3) is 0.250. The zero-order chi connectivity index (χ0) is 19.8. The van der Waals surface area contributed by atoms with E-state index in [2.05, 4.69) is 20.3 Å². The number of carbonyl (C=O) groups excluding carboxylic acids is 1. The Morgan fingerprint density at radius 1 is 1.30 bits per heavy atom. The minimum Gasteiger partial charge on any atom is -0.325 e. The lowest BCUT2D eigenvalue weighted by atomic mass is 10.1. The van der Waals surface area contributed by atoms with Gasteiger partial charge in [0.2, 0.25) is 5.91 Å². The van der Waals surface area contributed by atoms with Crippen molar-refractivity contribution in [1.29, 1.82) is 0 Å². The average molecular weight is 397 g/mol. The molecule has 0 bridgehead atoms. The Hall–Kier alpha value is -2.82. The van der Waals surface area contributed by atoms with E-state index < -0.39 is 23.2 Å². The Bertz CT molecular complexity index is 1070. The first kappa shape index (κ1) is 19.0. The van der Waals surface area contributed by atoms with Crippen LogP contribution >= 0.6 is 11.8 Å². The number of aryl methyl sites for hydroxylation is 2. The summed E-state index contributed by atoms with van der Waals surface area (Å²) in [5, 5.41) is 2.62. The number of hydrogen-bond acceptors (Lipinski definition) is 5. The van der Waals surface area contributed by atoms with E-state index in [9.17, 15) is 22.8 Å². The van der Waals surface area contributed by atoms with Gasteiger partial charge in [0.25, 0.3) is 5.56 Å². The predicted octanol–water partition coefficient (Wildman–Crippen LogP) is 2.71. The molecule has 2 N–H and O–H groups in total. The molecule has 142 valence electrons. The molecule has 0 fully saturated rings. The molecule has 0 radical (unpaired) electrons. The van der Waals surface area contributed by atoms with Crippen LogP contribution in [0.4, 0.5) is 18.9 Å². The van der Waals surface area contributed by atoms with Gasteiger partial charge in [-0.15, -0.1) is 0 Å². The van der Waals surface area contributed by atoms with Crippen LogP contribution in [-0.4, -0.2) is 31.2 Å². The standard InChI is InChI=1S/C16H14F3N5O2S/c1-8-20-13-12(14(26)21-8)23-15(24(13)2)27-7-11(25)22-10-6-4-3-5-9(10)16(17,18)19/h3-6H,7H2,1-2H3,(H,22,25)(H,20,21,26). The first-order valence-electron chi connectivity index (χ1n) is 7.69. The molecule has 0 aliphatic heterocycles. The van der Waals surface area contributed by atoms with E-state index >= 15 is 0 Å². The number of alkyl halides is 3. The van der Waals surface area contributed by atoms with Crippen molar-refractivity contribution in [2.75, 3.05) is 11.1 Å². The highest BCUT2D eigenvalue weighted by atomic mass is 32.2. The minimum absolute atomic E-state index is 0.133. The highest BCUT2D eigenvalue weighted by molar-refractivity contribution is 7.99. The Morgan fingerprint density at radius 3 is 2.70 bits per heavy atom. The van der Waals surface area contributed by atoms with Crippen molar-refractivity contribution >= 4 is 34.5 Å². The molecule has 1 aromatic carbocycles. The van der Waals surface area contributed by atoms with Crippen molar-refractivity contribution in [3.05, 3.63) is 46.0 Å². The number of thioether (sulfide) groups is 1. The van der Waals surface area contributed by atoms with Gasteiger partial charge in [0.15, 0.2) is 16.3 Å². The first-order chi connectivity index (χ1) is 12.7. The van der Waals surface area contributed by atoms with Gasteiger partial charge in [-0.3, -0.25) is 9.59 Å². The summed E-state index contributed by atoms with van der Waals surface area (Å²) >= 11 is 0.994. The Labute approximate surface area is 155 Å². The number of benzene rings is 1. The molecular formula is C16H14F3N5O2S. The number of carbonyl (C=O) groups is 1. The van der Waals surface area contributed by atoms with E-state index in [1.807, 2.05) is 0 Å². The van der Waals surface area contributed by atoms with Crippen LogP contribution in [0.5, 0.6) is 0 Å². The van der Waals surface area contributed by atoms with Crippen LogP contribution in [0.15, 0.2) is 34.2 Å². The van der Waals surface area contributed by atoms with Crippen LogP contribution in [0.3, 0.4) is 0 Å². The van der Waals surface area contributed by atoms with Gasteiger partial charge in [-0.25, -0.2) is 9.97 Å². The summed E-state index contributed by atoms with van der Waals surface area (Å²) in [5.41, 5.74) is -1.13. The van der Waals surface area contributed by atoms with Gasteiger partial charge < -0.3 is 14.9 Å².